The van der Waals surface area contributed by atoms with Crippen LogP contribution in [0.1, 0.15) is 18.5 Å². The molecule has 3 heterocycles. The zero-order valence-electron chi connectivity index (χ0n) is 15.6. The van der Waals surface area contributed by atoms with Gasteiger partial charge in [0.05, 0.1) is 6.07 Å². The molecule has 4 aromatic rings. The number of nitrogen functional groups attached to an aromatic ring is 1. The van der Waals surface area contributed by atoms with Crippen LogP contribution in [-0.4, -0.2) is 19.7 Å². The van der Waals surface area contributed by atoms with Gasteiger partial charge in [0.15, 0.2) is 5.82 Å². The summed E-state index contributed by atoms with van der Waals surface area (Å²) in [6.07, 6.45) is 7.14. The molecule has 0 saturated carbocycles. The Bertz CT molecular complexity index is 1200. The highest BCUT2D eigenvalue weighted by atomic mass is 15.3. The molecule has 4 rings (SSSR count). The van der Waals surface area contributed by atoms with Gasteiger partial charge in [-0.2, -0.15) is 10.4 Å². The molecule has 28 heavy (non-hydrogen) atoms. The van der Waals surface area contributed by atoms with Crippen molar-refractivity contribution in [3.05, 3.63) is 60.7 Å². The van der Waals surface area contributed by atoms with Gasteiger partial charge in [-0.15, -0.1) is 0 Å². The molecule has 0 saturated heterocycles. The lowest BCUT2D eigenvalue weighted by atomic mass is 9.99. The first-order valence-electron chi connectivity index (χ1n) is 8.87. The van der Waals surface area contributed by atoms with Crippen molar-refractivity contribution in [2.45, 2.75) is 19.9 Å². The number of nitrogens with zero attached hydrogens (tertiary/aromatic N) is 5. The van der Waals surface area contributed by atoms with E-state index in [9.17, 15) is 0 Å². The standard InChI is InChI=1S/C21H19N7/c1-13-3-5-24-11-17(13)15-7-16-9-21(25-12-18(16)19(23)8-15)26-20-4-6-28(27-20)14(2)10-22/h3-9,11-12,14H,23H2,1-2H3,(H,25,26,27). The van der Waals surface area contributed by atoms with Crippen molar-refractivity contribution >= 4 is 28.1 Å². The number of fused-ring (bicyclic) bond motifs is 1. The van der Waals surface area contributed by atoms with E-state index in [0.717, 1.165) is 27.5 Å². The van der Waals surface area contributed by atoms with Gasteiger partial charge in [0.25, 0.3) is 0 Å². The fourth-order valence-corrected chi connectivity index (χ4v) is 3.09. The lowest BCUT2D eigenvalue weighted by Gasteiger charge is -2.10. The highest BCUT2D eigenvalue weighted by molar-refractivity contribution is 5.97. The molecule has 138 valence electrons. The molecule has 0 aliphatic heterocycles. The van der Waals surface area contributed by atoms with Crippen LogP contribution in [0, 0.1) is 18.3 Å². The maximum atomic E-state index is 9.01. The Balaban J connectivity index is 1.71. The van der Waals surface area contributed by atoms with E-state index < -0.39 is 0 Å². The van der Waals surface area contributed by atoms with Gasteiger partial charge < -0.3 is 11.1 Å². The number of anilines is 3. The van der Waals surface area contributed by atoms with Crippen molar-refractivity contribution in [3.8, 4) is 17.2 Å². The van der Waals surface area contributed by atoms with E-state index in [2.05, 4.69) is 39.4 Å². The second-order valence-electron chi connectivity index (χ2n) is 6.66. The van der Waals surface area contributed by atoms with Gasteiger partial charge in [-0.1, -0.05) is 0 Å². The van der Waals surface area contributed by atoms with Crippen LogP contribution in [0.5, 0.6) is 0 Å². The zero-order chi connectivity index (χ0) is 19.7. The van der Waals surface area contributed by atoms with E-state index >= 15 is 0 Å². The summed E-state index contributed by atoms with van der Waals surface area (Å²) >= 11 is 0. The number of hydrogen-bond acceptors (Lipinski definition) is 6. The number of benzene rings is 1. The summed E-state index contributed by atoms with van der Waals surface area (Å²) in [5.41, 5.74) is 10.1. The third-order valence-electron chi connectivity index (χ3n) is 4.67. The van der Waals surface area contributed by atoms with E-state index in [0.29, 0.717) is 17.3 Å². The quantitative estimate of drug-likeness (QED) is 0.522. The predicted molar refractivity (Wildman–Crippen MR) is 110 cm³/mol. The fraction of sp³-hybridized carbons (Fsp3) is 0.143. The van der Waals surface area contributed by atoms with Crippen LogP contribution in [0.3, 0.4) is 0 Å². The average Bonchev–Trinajstić information content (AvgIpc) is 3.16. The molecule has 0 aliphatic rings. The van der Waals surface area contributed by atoms with Gasteiger partial charge in [-0.05, 0) is 54.6 Å². The molecule has 1 unspecified atom stereocenters. The number of aromatic nitrogens is 4. The topological polar surface area (TPSA) is 105 Å². The molecule has 0 aliphatic carbocycles. The van der Waals surface area contributed by atoms with Gasteiger partial charge in [0.2, 0.25) is 0 Å². The average molecular weight is 369 g/mol. The fourth-order valence-electron chi connectivity index (χ4n) is 3.09. The Morgan fingerprint density at radius 2 is 2.04 bits per heavy atom. The number of nitrogens with two attached hydrogens (primary N) is 1. The lowest BCUT2D eigenvalue weighted by molar-refractivity contribution is 0.593. The number of nitrogens with one attached hydrogen (secondary N) is 1. The summed E-state index contributed by atoms with van der Waals surface area (Å²) in [4.78, 5) is 8.67. The van der Waals surface area contributed by atoms with Crippen LogP contribution < -0.4 is 11.1 Å². The maximum Gasteiger partial charge on any atom is 0.153 e. The molecule has 3 aromatic heterocycles. The third-order valence-corrected chi connectivity index (χ3v) is 4.67. The number of rotatable bonds is 4. The maximum absolute atomic E-state index is 9.01. The smallest absolute Gasteiger partial charge is 0.153 e. The van der Waals surface area contributed by atoms with E-state index in [4.69, 9.17) is 11.0 Å². The van der Waals surface area contributed by atoms with Crippen molar-refractivity contribution in [2.75, 3.05) is 11.1 Å². The summed E-state index contributed by atoms with van der Waals surface area (Å²) in [6, 6.07) is 11.6. The van der Waals surface area contributed by atoms with Gasteiger partial charge in [-0.25, -0.2) is 4.98 Å². The Morgan fingerprint density at radius 3 is 2.82 bits per heavy atom. The molecule has 1 atom stereocenters. The number of aryl methyl sites for hydroxylation is 1. The SMILES string of the molecule is Cc1ccncc1-c1cc(N)c2cnc(Nc3ccn(C(C)C#N)n3)cc2c1. The van der Waals surface area contributed by atoms with E-state index in [1.807, 2.05) is 30.5 Å². The molecular weight excluding hydrogens is 350 g/mol. The number of pyridine rings is 2. The summed E-state index contributed by atoms with van der Waals surface area (Å²) in [5, 5.41) is 18.4. The van der Waals surface area contributed by atoms with Crippen LogP contribution in [-0.2, 0) is 0 Å². The molecule has 3 N–H and O–H groups in total. The minimum absolute atomic E-state index is 0.329. The summed E-state index contributed by atoms with van der Waals surface area (Å²) in [6.45, 7) is 3.84. The predicted octanol–water partition coefficient (Wildman–Crippen LogP) is 4.21. The molecule has 1 aromatic carbocycles. The largest absolute Gasteiger partial charge is 0.398 e. The highest BCUT2D eigenvalue weighted by Gasteiger charge is 2.09. The first kappa shape index (κ1) is 17.5. The third kappa shape index (κ3) is 3.23. The van der Waals surface area contributed by atoms with Gasteiger partial charge in [-0.3, -0.25) is 9.67 Å². The molecule has 0 fully saturated rings. The van der Waals surface area contributed by atoms with Crippen LogP contribution in [0.15, 0.2) is 55.1 Å². The van der Waals surface area contributed by atoms with Gasteiger partial charge in [0, 0.05) is 47.5 Å². The summed E-state index contributed by atoms with van der Waals surface area (Å²) < 4.78 is 1.60. The molecule has 0 spiro atoms. The number of hydrogen-bond donors (Lipinski definition) is 2. The van der Waals surface area contributed by atoms with Crippen LogP contribution in [0.25, 0.3) is 21.9 Å². The van der Waals surface area contributed by atoms with E-state index in [1.165, 1.54) is 0 Å². The summed E-state index contributed by atoms with van der Waals surface area (Å²) in [7, 11) is 0. The minimum atomic E-state index is -0.329. The van der Waals surface area contributed by atoms with Crippen molar-refractivity contribution < 1.29 is 0 Å². The van der Waals surface area contributed by atoms with Crippen LogP contribution in [0.4, 0.5) is 17.3 Å². The number of nitriles is 1. The Morgan fingerprint density at radius 1 is 1.18 bits per heavy atom. The molecule has 0 bridgehead atoms. The van der Waals surface area contributed by atoms with E-state index in [-0.39, 0.29) is 6.04 Å². The van der Waals surface area contributed by atoms with Crippen LogP contribution in [0.2, 0.25) is 0 Å². The molecule has 0 radical (unpaired) electrons. The van der Waals surface area contributed by atoms with Crippen molar-refractivity contribution in [1.29, 1.82) is 5.26 Å². The zero-order valence-corrected chi connectivity index (χ0v) is 15.6. The van der Waals surface area contributed by atoms with E-state index in [1.54, 1.807) is 30.2 Å². The molecule has 7 nitrogen and oxygen atoms in total. The second kappa shape index (κ2) is 7.00. The lowest BCUT2D eigenvalue weighted by Crippen LogP contribution is -2.04. The van der Waals surface area contributed by atoms with Gasteiger partial charge >= 0.3 is 0 Å². The van der Waals surface area contributed by atoms with Crippen molar-refractivity contribution in [1.82, 2.24) is 19.7 Å². The Labute approximate surface area is 162 Å². The van der Waals surface area contributed by atoms with Crippen LogP contribution >= 0.6 is 0 Å². The molecule has 7 heteroatoms. The Hall–Kier alpha value is -3.92. The molecule has 0 amide bonds. The van der Waals surface area contributed by atoms with Crippen molar-refractivity contribution in [3.63, 3.8) is 0 Å². The normalized spacial score (nSPS) is 11.9. The minimum Gasteiger partial charge on any atom is -0.398 e. The monoisotopic (exact) mass is 369 g/mol. The molecular formula is C21H19N7. The first-order valence-corrected chi connectivity index (χ1v) is 8.87. The second-order valence-corrected chi connectivity index (χ2v) is 6.66. The van der Waals surface area contributed by atoms with Gasteiger partial charge in [0.1, 0.15) is 11.9 Å². The Kier molecular flexibility index (Phi) is 4.38. The first-order chi connectivity index (χ1) is 13.5. The summed E-state index contributed by atoms with van der Waals surface area (Å²) in [5.74, 6) is 1.28. The highest BCUT2D eigenvalue weighted by Crippen LogP contribution is 2.31. The van der Waals surface area contributed by atoms with Crippen molar-refractivity contribution in [2.24, 2.45) is 0 Å².